The number of Topliss-reactive ketones (excluding diaryl/α,β-unsaturated/α-hetero) is 1. The maximum Gasteiger partial charge on any atom is 0.408 e. The molecule has 0 bridgehead atoms. The van der Waals surface area contributed by atoms with Crippen LogP contribution in [0.3, 0.4) is 0 Å². The molecule has 1 fully saturated rings. The summed E-state index contributed by atoms with van der Waals surface area (Å²) in [7, 11) is 1.44. The van der Waals surface area contributed by atoms with Gasteiger partial charge in [0.25, 0.3) is 0 Å². The molecule has 0 spiro atoms. The fraction of sp³-hybridized carbons (Fsp3) is 0.579. The maximum atomic E-state index is 12.9. The van der Waals surface area contributed by atoms with Crippen LogP contribution >= 0.6 is 0 Å². The van der Waals surface area contributed by atoms with E-state index in [1.807, 2.05) is 51.1 Å². The van der Waals surface area contributed by atoms with Gasteiger partial charge in [0.1, 0.15) is 12.1 Å². The summed E-state index contributed by atoms with van der Waals surface area (Å²) in [6.07, 6.45) is -1.11. The molecule has 25 heavy (non-hydrogen) atoms. The maximum absolute atomic E-state index is 12.9. The predicted octanol–water partition coefficient (Wildman–Crippen LogP) is 2.96. The Kier molecular flexibility index (Phi) is 5.85. The number of ether oxygens (including phenoxy) is 2. The molecule has 1 amide bonds. The summed E-state index contributed by atoms with van der Waals surface area (Å²) >= 11 is 0. The highest BCUT2D eigenvalue weighted by Crippen LogP contribution is 2.45. The van der Waals surface area contributed by atoms with Gasteiger partial charge in [-0.1, -0.05) is 51.1 Å². The SMILES string of the molecule is COCC(=O)[C@@]1(C(C)(C)C)C[C@@H](OCc2ccccc2)CN1C(=O)O. The summed E-state index contributed by atoms with van der Waals surface area (Å²) in [4.78, 5) is 26.0. The van der Waals surface area contributed by atoms with Gasteiger partial charge < -0.3 is 14.6 Å². The van der Waals surface area contributed by atoms with Crippen LogP contribution in [0.4, 0.5) is 4.79 Å². The van der Waals surface area contributed by atoms with Gasteiger partial charge in [0.15, 0.2) is 5.78 Å². The number of likely N-dealkylation sites (tertiary alicyclic amines) is 1. The molecular formula is C19H27NO5. The van der Waals surface area contributed by atoms with Gasteiger partial charge in [-0.15, -0.1) is 0 Å². The van der Waals surface area contributed by atoms with E-state index >= 15 is 0 Å². The van der Waals surface area contributed by atoms with E-state index in [2.05, 4.69) is 0 Å². The van der Waals surface area contributed by atoms with Crippen molar-refractivity contribution in [3.63, 3.8) is 0 Å². The predicted molar refractivity (Wildman–Crippen MR) is 93.4 cm³/mol. The first kappa shape index (κ1) is 19.4. The zero-order valence-electron chi connectivity index (χ0n) is 15.3. The van der Waals surface area contributed by atoms with Gasteiger partial charge in [-0.05, 0) is 11.0 Å². The number of benzene rings is 1. The largest absolute Gasteiger partial charge is 0.465 e. The molecule has 138 valence electrons. The standard InChI is InChI=1S/C19H27NO5/c1-18(2,3)19(16(21)13-24-4)10-15(11-20(19)17(22)23)25-12-14-8-6-5-7-9-14/h5-9,15H,10-13H2,1-4H3,(H,22,23)/t15-,19-/m1/s1. The first-order valence-electron chi connectivity index (χ1n) is 8.40. The second kappa shape index (κ2) is 7.54. The third-order valence-electron chi connectivity index (χ3n) is 4.91. The van der Waals surface area contributed by atoms with E-state index < -0.39 is 17.0 Å². The van der Waals surface area contributed by atoms with Crippen LogP contribution in [0.2, 0.25) is 0 Å². The normalized spacial score (nSPS) is 23.7. The molecule has 0 radical (unpaired) electrons. The number of hydrogen-bond acceptors (Lipinski definition) is 4. The van der Waals surface area contributed by atoms with E-state index in [1.54, 1.807) is 0 Å². The number of carbonyl (C=O) groups excluding carboxylic acids is 1. The first-order chi connectivity index (χ1) is 11.7. The molecule has 1 aliphatic heterocycles. The number of rotatable bonds is 6. The van der Waals surface area contributed by atoms with Gasteiger partial charge in [-0.25, -0.2) is 4.79 Å². The number of amides is 1. The Morgan fingerprint density at radius 2 is 1.92 bits per heavy atom. The van der Waals surface area contributed by atoms with Gasteiger partial charge in [0, 0.05) is 13.5 Å². The third kappa shape index (κ3) is 3.85. The number of hydrogen-bond donors (Lipinski definition) is 1. The lowest BCUT2D eigenvalue weighted by Gasteiger charge is -2.45. The Hall–Kier alpha value is -1.92. The first-order valence-corrected chi connectivity index (χ1v) is 8.40. The van der Waals surface area contributed by atoms with Crippen molar-refractivity contribution in [2.24, 2.45) is 5.41 Å². The van der Waals surface area contributed by atoms with Gasteiger partial charge >= 0.3 is 6.09 Å². The van der Waals surface area contributed by atoms with Crippen LogP contribution < -0.4 is 0 Å². The molecule has 1 saturated heterocycles. The third-order valence-corrected chi connectivity index (χ3v) is 4.91. The molecule has 0 saturated carbocycles. The van der Waals surface area contributed by atoms with Crippen LogP contribution in [0, 0.1) is 5.41 Å². The van der Waals surface area contributed by atoms with Crippen LogP contribution in [-0.2, 0) is 20.9 Å². The average molecular weight is 349 g/mol. The molecule has 1 aromatic rings. The van der Waals surface area contributed by atoms with Gasteiger partial charge in [0.2, 0.25) is 0 Å². The summed E-state index contributed by atoms with van der Waals surface area (Å²) in [6.45, 7) is 6.10. The summed E-state index contributed by atoms with van der Waals surface area (Å²) in [5, 5.41) is 9.71. The van der Waals surface area contributed by atoms with E-state index in [1.165, 1.54) is 12.0 Å². The second-order valence-electron chi connectivity index (χ2n) is 7.48. The lowest BCUT2D eigenvalue weighted by atomic mass is 9.69. The van der Waals surface area contributed by atoms with Crippen molar-refractivity contribution in [2.75, 3.05) is 20.3 Å². The lowest BCUT2D eigenvalue weighted by molar-refractivity contribution is -0.139. The Morgan fingerprint density at radius 1 is 1.28 bits per heavy atom. The van der Waals surface area contributed by atoms with Crippen molar-refractivity contribution in [3.05, 3.63) is 35.9 Å². The molecule has 1 aromatic carbocycles. The molecule has 6 nitrogen and oxygen atoms in total. The minimum absolute atomic E-state index is 0.119. The van der Waals surface area contributed by atoms with E-state index in [4.69, 9.17) is 9.47 Å². The fourth-order valence-electron chi connectivity index (χ4n) is 3.65. The molecular weight excluding hydrogens is 322 g/mol. The molecule has 6 heteroatoms. The minimum atomic E-state index is -1.16. The van der Waals surface area contributed by atoms with Crippen molar-refractivity contribution in [1.29, 1.82) is 0 Å². The molecule has 0 aliphatic carbocycles. The van der Waals surface area contributed by atoms with Crippen molar-refractivity contribution in [2.45, 2.75) is 45.4 Å². The van der Waals surface area contributed by atoms with Gasteiger partial charge in [-0.3, -0.25) is 9.69 Å². The minimum Gasteiger partial charge on any atom is -0.465 e. The molecule has 1 aliphatic rings. The van der Waals surface area contributed by atoms with E-state index in [-0.39, 0.29) is 25.0 Å². The summed E-state index contributed by atoms with van der Waals surface area (Å²) in [5.74, 6) is -0.226. The number of carboxylic acid groups (broad SMARTS) is 1. The molecule has 1 N–H and O–H groups in total. The lowest BCUT2D eigenvalue weighted by Crippen LogP contribution is -2.61. The van der Waals surface area contributed by atoms with E-state index in [9.17, 15) is 14.7 Å². The topological polar surface area (TPSA) is 76.1 Å². The van der Waals surface area contributed by atoms with E-state index in [0.717, 1.165) is 5.56 Å². The Bertz CT molecular complexity index is 610. The van der Waals surface area contributed by atoms with Crippen LogP contribution in [0.5, 0.6) is 0 Å². The van der Waals surface area contributed by atoms with Crippen molar-refractivity contribution in [3.8, 4) is 0 Å². The van der Waals surface area contributed by atoms with Crippen LogP contribution in [-0.4, -0.2) is 53.8 Å². The van der Waals surface area contributed by atoms with Gasteiger partial charge in [0.05, 0.1) is 19.3 Å². The molecule has 0 aromatic heterocycles. The molecule has 0 unspecified atom stereocenters. The fourth-order valence-corrected chi connectivity index (χ4v) is 3.65. The smallest absolute Gasteiger partial charge is 0.408 e. The highest BCUT2D eigenvalue weighted by atomic mass is 16.5. The van der Waals surface area contributed by atoms with Gasteiger partial charge in [-0.2, -0.15) is 0 Å². The van der Waals surface area contributed by atoms with Crippen LogP contribution in [0.25, 0.3) is 0 Å². The van der Waals surface area contributed by atoms with E-state index in [0.29, 0.717) is 13.0 Å². The Morgan fingerprint density at radius 3 is 2.44 bits per heavy atom. The molecule has 1 heterocycles. The Balaban J connectivity index is 2.25. The monoisotopic (exact) mass is 349 g/mol. The number of nitrogens with zero attached hydrogens (tertiary/aromatic N) is 1. The molecule has 2 rings (SSSR count). The zero-order chi connectivity index (χ0) is 18.7. The second-order valence-corrected chi connectivity index (χ2v) is 7.48. The number of methoxy groups -OCH3 is 1. The average Bonchev–Trinajstić information content (AvgIpc) is 2.95. The number of carbonyl (C=O) groups is 2. The van der Waals surface area contributed by atoms with Crippen molar-refractivity contribution < 1.29 is 24.2 Å². The van der Waals surface area contributed by atoms with Crippen LogP contribution in [0.1, 0.15) is 32.8 Å². The number of ketones is 1. The van der Waals surface area contributed by atoms with Crippen molar-refractivity contribution in [1.82, 2.24) is 4.90 Å². The zero-order valence-corrected chi connectivity index (χ0v) is 15.3. The quantitative estimate of drug-likeness (QED) is 0.854. The summed E-state index contributed by atoms with van der Waals surface area (Å²) in [6, 6.07) is 9.70. The Labute approximate surface area is 148 Å². The molecule has 2 atom stereocenters. The summed E-state index contributed by atoms with van der Waals surface area (Å²) < 4.78 is 11.0. The summed E-state index contributed by atoms with van der Waals surface area (Å²) in [5.41, 5.74) is -0.719. The van der Waals surface area contributed by atoms with Crippen LogP contribution in [0.15, 0.2) is 30.3 Å². The van der Waals surface area contributed by atoms with Crippen molar-refractivity contribution >= 4 is 11.9 Å². The highest BCUT2D eigenvalue weighted by molar-refractivity contribution is 5.94. The highest BCUT2D eigenvalue weighted by Gasteiger charge is 2.59.